The minimum atomic E-state index is 0.233. The van der Waals surface area contributed by atoms with Crippen LogP contribution in [0.4, 0.5) is 0 Å². The first-order valence-corrected chi connectivity index (χ1v) is 6.85. The van der Waals surface area contributed by atoms with Crippen LogP contribution in [0, 0.1) is 0 Å². The van der Waals surface area contributed by atoms with Gasteiger partial charge in [0.2, 0.25) is 0 Å². The minimum Gasteiger partial charge on any atom is -0.490 e. The van der Waals surface area contributed by atoms with E-state index in [1.165, 1.54) is 24.0 Å². The van der Waals surface area contributed by atoms with Crippen LogP contribution in [-0.2, 0) is 0 Å². The molecule has 1 aliphatic rings. The van der Waals surface area contributed by atoms with Gasteiger partial charge in [-0.05, 0) is 43.1 Å². The zero-order valence-corrected chi connectivity index (χ0v) is 11.2. The van der Waals surface area contributed by atoms with E-state index in [0.717, 1.165) is 5.75 Å². The molecule has 1 aliphatic carbocycles. The van der Waals surface area contributed by atoms with Crippen molar-refractivity contribution in [2.45, 2.75) is 25.0 Å². The van der Waals surface area contributed by atoms with Gasteiger partial charge in [-0.1, -0.05) is 42.5 Å². The van der Waals surface area contributed by atoms with Crippen LogP contribution < -0.4 is 10.1 Å². The van der Waals surface area contributed by atoms with Crippen molar-refractivity contribution >= 4 is 0 Å². The lowest BCUT2D eigenvalue weighted by Gasteiger charge is -2.17. The Labute approximate surface area is 114 Å². The van der Waals surface area contributed by atoms with Gasteiger partial charge in [0.05, 0.1) is 12.1 Å². The van der Waals surface area contributed by atoms with Gasteiger partial charge in [0.15, 0.2) is 0 Å². The number of hydrogen-bond acceptors (Lipinski definition) is 2. The van der Waals surface area contributed by atoms with E-state index in [4.69, 9.17) is 4.74 Å². The summed E-state index contributed by atoms with van der Waals surface area (Å²) >= 11 is 0. The molecule has 0 saturated heterocycles. The molecule has 0 heterocycles. The Morgan fingerprint density at radius 3 is 2.16 bits per heavy atom. The third-order valence-electron chi connectivity index (χ3n) is 3.46. The van der Waals surface area contributed by atoms with Gasteiger partial charge in [-0.2, -0.15) is 0 Å². The highest BCUT2D eigenvalue weighted by molar-refractivity contribution is 5.35. The maximum absolute atomic E-state index is 5.78. The SMILES string of the molecule is CNC(c1ccccc1)c1ccc(OC2CC2)cc1. The van der Waals surface area contributed by atoms with Crippen LogP contribution >= 0.6 is 0 Å². The summed E-state index contributed by atoms with van der Waals surface area (Å²) in [7, 11) is 1.99. The van der Waals surface area contributed by atoms with E-state index in [-0.39, 0.29) is 6.04 Å². The molecule has 0 spiro atoms. The number of benzene rings is 2. The molecule has 0 bridgehead atoms. The first-order chi connectivity index (χ1) is 9.36. The number of nitrogens with one attached hydrogen (secondary N) is 1. The Morgan fingerprint density at radius 1 is 0.947 bits per heavy atom. The highest BCUT2D eigenvalue weighted by Gasteiger charge is 2.23. The van der Waals surface area contributed by atoms with Crippen LogP contribution in [0.2, 0.25) is 0 Å². The van der Waals surface area contributed by atoms with E-state index in [2.05, 4.69) is 53.8 Å². The molecule has 1 unspecified atom stereocenters. The molecule has 0 amide bonds. The number of ether oxygens (including phenoxy) is 1. The van der Waals surface area contributed by atoms with Gasteiger partial charge in [-0.15, -0.1) is 0 Å². The van der Waals surface area contributed by atoms with Crippen LogP contribution in [-0.4, -0.2) is 13.2 Å². The molecule has 2 nitrogen and oxygen atoms in total. The standard InChI is InChI=1S/C17H19NO/c1-18-17(13-5-3-2-4-6-13)14-7-9-15(10-8-14)19-16-11-12-16/h2-10,16-18H,11-12H2,1H3. The summed E-state index contributed by atoms with van der Waals surface area (Å²) in [6.07, 6.45) is 2.86. The number of hydrogen-bond donors (Lipinski definition) is 1. The quantitative estimate of drug-likeness (QED) is 0.880. The third-order valence-corrected chi connectivity index (χ3v) is 3.46. The van der Waals surface area contributed by atoms with Gasteiger partial charge in [0, 0.05) is 0 Å². The van der Waals surface area contributed by atoms with Crippen molar-refractivity contribution in [3.8, 4) is 5.75 Å². The monoisotopic (exact) mass is 253 g/mol. The molecule has 1 N–H and O–H groups in total. The Balaban J connectivity index is 1.79. The molecule has 1 saturated carbocycles. The van der Waals surface area contributed by atoms with Crippen LogP contribution in [0.5, 0.6) is 5.75 Å². The molecule has 1 atom stereocenters. The Kier molecular flexibility index (Phi) is 3.51. The van der Waals surface area contributed by atoms with E-state index < -0.39 is 0 Å². The summed E-state index contributed by atoms with van der Waals surface area (Å²) in [5.74, 6) is 0.981. The van der Waals surface area contributed by atoms with Crippen molar-refractivity contribution in [2.75, 3.05) is 7.05 Å². The van der Waals surface area contributed by atoms with Gasteiger partial charge in [-0.3, -0.25) is 0 Å². The van der Waals surface area contributed by atoms with E-state index >= 15 is 0 Å². The molecule has 0 aromatic heterocycles. The molecule has 19 heavy (non-hydrogen) atoms. The molecular formula is C17H19NO. The third kappa shape index (κ3) is 2.96. The second kappa shape index (κ2) is 5.45. The lowest BCUT2D eigenvalue weighted by atomic mass is 9.99. The average molecular weight is 253 g/mol. The maximum atomic E-state index is 5.78. The van der Waals surface area contributed by atoms with Crippen molar-refractivity contribution in [3.63, 3.8) is 0 Å². The highest BCUT2D eigenvalue weighted by atomic mass is 16.5. The smallest absolute Gasteiger partial charge is 0.119 e. The molecule has 2 aromatic rings. The van der Waals surface area contributed by atoms with Crippen molar-refractivity contribution < 1.29 is 4.74 Å². The largest absolute Gasteiger partial charge is 0.490 e. The maximum Gasteiger partial charge on any atom is 0.119 e. The highest BCUT2D eigenvalue weighted by Crippen LogP contribution is 2.28. The van der Waals surface area contributed by atoms with Crippen LogP contribution in [0.15, 0.2) is 54.6 Å². The molecule has 1 fully saturated rings. The molecule has 2 aromatic carbocycles. The molecule has 0 radical (unpaired) electrons. The fourth-order valence-corrected chi connectivity index (χ4v) is 2.29. The van der Waals surface area contributed by atoms with Crippen molar-refractivity contribution in [3.05, 3.63) is 65.7 Å². The zero-order valence-electron chi connectivity index (χ0n) is 11.2. The molecule has 0 aliphatic heterocycles. The van der Waals surface area contributed by atoms with E-state index in [9.17, 15) is 0 Å². The van der Waals surface area contributed by atoms with Gasteiger partial charge in [0.25, 0.3) is 0 Å². The molecule has 98 valence electrons. The van der Waals surface area contributed by atoms with Crippen molar-refractivity contribution in [1.29, 1.82) is 0 Å². The Hall–Kier alpha value is -1.80. The zero-order chi connectivity index (χ0) is 13.1. The van der Waals surface area contributed by atoms with Crippen molar-refractivity contribution in [1.82, 2.24) is 5.32 Å². The van der Waals surface area contributed by atoms with Gasteiger partial charge in [-0.25, -0.2) is 0 Å². The van der Waals surface area contributed by atoms with Crippen molar-refractivity contribution in [2.24, 2.45) is 0 Å². The first kappa shape index (κ1) is 12.2. The van der Waals surface area contributed by atoms with E-state index in [0.29, 0.717) is 6.10 Å². The molecule has 3 rings (SSSR count). The normalized spacial score (nSPS) is 16.1. The van der Waals surface area contributed by atoms with Gasteiger partial charge < -0.3 is 10.1 Å². The predicted molar refractivity (Wildman–Crippen MR) is 77.4 cm³/mol. The van der Waals surface area contributed by atoms with Gasteiger partial charge in [0.1, 0.15) is 5.75 Å². The topological polar surface area (TPSA) is 21.3 Å². The predicted octanol–water partition coefficient (Wildman–Crippen LogP) is 3.54. The lowest BCUT2D eigenvalue weighted by molar-refractivity contribution is 0.303. The molecular weight excluding hydrogens is 234 g/mol. The average Bonchev–Trinajstić information content (AvgIpc) is 3.27. The number of rotatable bonds is 5. The summed E-state index contributed by atoms with van der Waals surface area (Å²) in [5.41, 5.74) is 2.54. The Morgan fingerprint density at radius 2 is 1.58 bits per heavy atom. The fourth-order valence-electron chi connectivity index (χ4n) is 2.29. The first-order valence-electron chi connectivity index (χ1n) is 6.85. The summed E-state index contributed by atoms with van der Waals surface area (Å²) in [6.45, 7) is 0. The van der Waals surface area contributed by atoms with Crippen LogP contribution in [0.25, 0.3) is 0 Å². The van der Waals surface area contributed by atoms with Gasteiger partial charge >= 0.3 is 0 Å². The fraction of sp³-hybridized carbons (Fsp3) is 0.294. The Bertz CT molecular complexity index is 517. The molecule has 2 heteroatoms. The summed E-state index contributed by atoms with van der Waals surface area (Å²) in [4.78, 5) is 0. The second-order valence-corrected chi connectivity index (χ2v) is 5.02. The van der Waals surface area contributed by atoms with Crippen LogP contribution in [0.1, 0.15) is 30.0 Å². The summed E-state index contributed by atoms with van der Waals surface area (Å²) < 4.78 is 5.78. The lowest BCUT2D eigenvalue weighted by Crippen LogP contribution is -2.17. The summed E-state index contributed by atoms with van der Waals surface area (Å²) in [6, 6.07) is 19.2. The van der Waals surface area contributed by atoms with E-state index in [1.807, 2.05) is 13.1 Å². The summed E-state index contributed by atoms with van der Waals surface area (Å²) in [5, 5.41) is 3.37. The van der Waals surface area contributed by atoms with E-state index in [1.54, 1.807) is 0 Å². The van der Waals surface area contributed by atoms with Crippen LogP contribution in [0.3, 0.4) is 0 Å². The second-order valence-electron chi connectivity index (χ2n) is 5.02. The minimum absolute atomic E-state index is 0.233.